The fraction of sp³-hybridized carbons (Fsp3) is 0.132. The Morgan fingerprint density at radius 1 is 0.412 bits per heavy atom. The van der Waals surface area contributed by atoms with Crippen molar-refractivity contribution in [2.45, 2.75) is 52.4 Å². The van der Waals surface area contributed by atoms with Crippen molar-refractivity contribution in [2.24, 2.45) is 0 Å². The molecule has 12 heteroatoms. The van der Waals surface area contributed by atoms with Crippen LogP contribution in [0, 0.1) is 34.9 Å². The van der Waals surface area contributed by atoms with Crippen molar-refractivity contribution >= 4 is 66.4 Å². The van der Waals surface area contributed by atoms with E-state index in [4.69, 9.17) is 9.72 Å². The highest BCUT2D eigenvalue weighted by Gasteiger charge is 2.36. The minimum Gasteiger partial charge on any atom is -0.457 e. The molecule has 0 spiro atoms. The highest BCUT2D eigenvalue weighted by Crippen LogP contribution is 2.53. The third kappa shape index (κ3) is 8.40. The van der Waals surface area contributed by atoms with Crippen LogP contribution in [0.5, 0.6) is 11.5 Å². The van der Waals surface area contributed by atoms with Crippen molar-refractivity contribution in [2.75, 3.05) is 16.5 Å². The number of hydrogen-bond acceptors (Lipinski definition) is 4. The summed E-state index contributed by atoms with van der Waals surface area (Å²) in [6, 6.07) is 53.5. The Morgan fingerprint density at radius 3 is 1.43 bits per heavy atom. The van der Waals surface area contributed by atoms with Gasteiger partial charge < -0.3 is 19.1 Å². The minimum atomic E-state index is -1.22. The smallest absolute Gasteiger partial charge is 0.137 e. The van der Waals surface area contributed by atoms with Gasteiger partial charge in [-0.3, -0.25) is 4.57 Å². The van der Waals surface area contributed by atoms with Crippen molar-refractivity contribution < 1.29 is 31.1 Å². The zero-order chi connectivity index (χ0) is 55.5. The van der Waals surface area contributed by atoms with Crippen LogP contribution in [0.2, 0.25) is 0 Å². The second-order valence-corrected chi connectivity index (χ2v) is 22.5. The van der Waals surface area contributed by atoms with Crippen LogP contribution in [0.15, 0.2) is 188 Å². The summed E-state index contributed by atoms with van der Waals surface area (Å²) in [5.74, 6) is -5.40. The van der Waals surface area contributed by atoms with Gasteiger partial charge in [-0.25, -0.2) is 31.3 Å². The van der Waals surface area contributed by atoms with E-state index in [0.717, 1.165) is 60.7 Å². The highest BCUT2D eigenvalue weighted by molar-refractivity contribution is 6.11. The first kappa shape index (κ1) is 50.2. The van der Waals surface area contributed by atoms with Crippen molar-refractivity contribution in [3.05, 3.63) is 234 Å². The lowest BCUT2D eigenvalue weighted by Gasteiger charge is -2.30. The Bertz CT molecular complexity index is 4330. The molecule has 80 heavy (non-hydrogen) atoms. The minimum absolute atomic E-state index is 0.00279. The molecule has 0 fully saturated rings. The number of aromatic nitrogens is 3. The number of benzene rings is 9. The second-order valence-electron chi connectivity index (χ2n) is 22.5. The van der Waals surface area contributed by atoms with E-state index in [2.05, 4.69) is 78.4 Å². The van der Waals surface area contributed by atoms with Crippen LogP contribution in [-0.4, -0.2) is 20.8 Å². The molecule has 13 rings (SSSR count). The number of fused-ring (bicyclic) bond motifs is 7. The molecule has 4 heterocycles. The molecular formula is C68H51F6N5O. The SMILES string of the molecule is CC(C)(C)c1ccnc(-n2c3ccccc3c3ccc(Oc4cc(N5CN(c6c(-c7c(F)cc(F)cc7F)cc(C(C)(C)C)cc6-c6c(F)cc(F)cc6F)c6ccccc65)cc(-n5c6ccccc6c6ccccc65)c4)cc32)c1. The van der Waals surface area contributed by atoms with Gasteiger partial charge in [0.15, 0.2) is 0 Å². The van der Waals surface area contributed by atoms with Gasteiger partial charge in [0.2, 0.25) is 0 Å². The molecule has 0 saturated carbocycles. The molecule has 12 aromatic rings. The normalized spacial score (nSPS) is 12.9. The molecule has 396 valence electrons. The van der Waals surface area contributed by atoms with Crippen LogP contribution in [0.1, 0.15) is 52.7 Å². The summed E-state index contributed by atoms with van der Waals surface area (Å²) in [5.41, 5.74) is 5.56. The number of halogens is 6. The van der Waals surface area contributed by atoms with Gasteiger partial charge in [-0.1, -0.05) is 108 Å². The standard InChI is InChI=1S/C68H51F6N5O/c1-67(2,3)39-25-26-75-63(29-39)79-59-20-12-9-17-49(59)50-24-23-45(37-62(50)79)80-46-35-43(34-44(36-46)78-57-18-10-7-15-47(57)48-16-8-11-19-58(48)78)76-38-77(61-22-14-13-21-60(61)76)66-51(64-53(71)30-41(69)31-54(64)72)27-40(68(4,5)6)28-52(66)65-55(73)32-42(70)33-56(65)74/h7-37H,38H2,1-6H3. The molecule has 0 N–H and O–H groups in total. The summed E-state index contributed by atoms with van der Waals surface area (Å²) in [5, 5.41) is 4.14. The fourth-order valence-corrected chi connectivity index (χ4v) is 11.5. The Morgan fingerprint density at radius 2 is 0.887 bits per heavy atom. The number of rotatable bonds is 8. The number of nitrogens with zero attached hydrogens (tertiary/aromatic N) is 5. The zero-order valence-corrected chi connectivity index (χ0v) is 44.5. The first-order chi connectivity index (χ1) is 38.4. The average Bonchev–Trinajstić information content (AvgIpc) is 4.12. The van der Waals surface area contributed by atoms with Gasteiger partial charge in [-0.05, 0) is 94.8 Å². The third-order valence-electron chi connectivity index (χ3n) is 15.3. The molecule has 0 aliphatic carbocycles. The monoisotopic (exact) mass is 1070 g/mol. The maximum atomic E-state index is 16.5. The maximum Gasteiger partial charge on any atom is 0.137 e. The summed E-state index contributed by atoms with van der Waals surface area (Å²) in [4.78, 5) is 8.62. The van der Waals surface area contributed by atoms with Crippen LogP contribution >= 0.6 is 0 Å². The van der Waals surface area contributed by atoms with Crippen molar-refractivity contribution in [1.29, 1.82) is 0 Å². The Labute approximate surface area is 458 Å². The number of ether oxygens (including phenoxy) is 1. The summed E-state index contributed by atoms with van der Waals surface area (Å²) in [6.07, 6.45) is 1.84. The van der Waals surface area contributed by atoms with Gasteiger partial charge in [0.05, 0.1) is 55.9 Å². The van der Waals surface area contributed by atoms with Crippen LogP contribution in [0.25, 0.3) is 77.4 Å². The topological polar surface area (TPSA) is 38.5 Å². The average molecular weight is 1070 g/mol. The summed E-state index contributed by atoms with van der Waals surface area (Å²) >= 11 is 0. The molecule has 1 aliphatic heterocycles. The number of pyridine rings is 1. The van der Waals surface area contributed by atoms with Gasteiger partial charge in [0.25, 0.3) is 0 Å². The van der Waals surface area contributed by atoms with Crippen LogP contribution in [0.4, 0.5) is 49.1 Å². The second kappa shape index (κ2) is 18.7. The Hall–Kier alpha value is -9.29. The van der Waals surface area contributed by atoms with E-state index in [-0.39, 0.29) is 28.9 Å². The predicted molar refractivity (Wildman–Crippen MR) is 309 cm³/mol. The lowest BCUT2D eigenvalue weighted by atomic mass is 9.81. The van der Waals surface area contributed by atoms with E-state index >= 15 is 17.6 Å². The quantitative estimate of drug-likeness (QED) is 0.142. The molecule has 3 aromatic heterocycles. The summed E-state index contributed by atoms with van der Waals surface area (Å²) in [7, 11) is 0. The lowest BCUT2D eigenvalue weighted by Crippen LogP contribution is -2.26. The summed E-state index contributed by atoms with van der Waals surface area (Å²) in [6.45, 7) is 12.0. The number of hydrogen-bond donors (Lipinski definition) is 0. The lowest BCUT2D eigenvalue weighted by molar-refractivity contribution is 0.483. The van der Waals surface area contributed by atoms with E-state index in [1.54, 1.807) is 23.1 Å². The largest absolute Gasteiger partial charge is 0.457 e. The molecule has 0 saturated heterocycles. The van der Waals surface area contributed by atoms with E-state index in [1.165, 1.54) is 0 Å². The van der Waals surface area contributed by atoms with Crippen molar-refractivity contribution in [1.82, 2.24) is 14.1 Å². The van der Waals surface area contributed by atoms with Gasteiger partial charge in [-0.15, -0.1) is 0 Å². The molecule has 0 atom stereocenters. The van der Waals surface area contributed by atoms with Gasteiger partial charge in [0, 0.05) is 87.0 Å². The molecule has 1 aliphatic rings. The van der Waals surface area contributed by atoms with E-state index in [0.29, 0.717) is 58.4 Å². The first-order valence-electron chi connectivity index (χ1n) is 26.3. The molecule has 0 radical (unpaired) electrons. The van der Waals surface area contributed by atoms with Crippen molar-refractivity contribution in [3.8, 4) is 45.3 Å². The molecule has 6 nitrogen and oxygen atoms in total. The van der Waals surface area contributed by atoms with Gasteiger partial charge in [0.1, 0.15) is 58.9 Å². The van der Waals surface area contributed by atoms with Crippen molar-refractivity contribution in [3.63, 3.8) is 0 Å². The van der Waals surface area contributed by atoms with Crippen LogP contribution in [0.3, 0.4) is 0 Å². The Kier molecular flexibility index (Phi) is 11.7. The predicted octanol–water partition coefficient (Wildman–Crippen LogP) is 19.1. The highest BCUT2D eigenvalue weighted by atomic mass is 19.2. The van der Waals surface area contributed by atoms with E-state index in [1.807, 2.05) is 123 Å². The maximum absolute atomic E-state index is 16.5. The van der Waals surface area contributed by atoms with Gasteiger partial charge >= 0.3 is 0 Å². The van der Waals surface area contributed by atoms with E-state index < -0.39 is 51.4 Å². The van der Waals surface area contributed by atoms with Crippen LogP contribution in [-0.2, 0) is 10.8 Å². The molecule has 0 unspecified atom stereocenters. The van der Waals surface area contributed by atoms with Gasteiger partial charge in [-0.2, -0.15) is 0 Å². The van der Waals surface area contributed by atoms with E-state index in [9.17, 15) is 8.78 Å². The third-order valence-corrected chi connectivity index (χ3v) is 15.3. The first-order valence-corrected chi connectivity index (χ1v) is 26.3. The summed E-state index contributed by atoms with van der Waals surface area (Å²) < 4.78 is 107. The van der Waals surface area contributed by atoms with Crippen LogP contribution < -0.4 is 14.5 Å². The molecule has 0 amide bonds. The number of para-hydroxylation sites is 5. The molecule has 9 aromatic carbocycles. The Balaban J connectivity index is 1.03. The number of anilines is 4. The fourth-order valence-electron chi connectivity index (χ4n) is 11.5. The molecule has 0 bridgehead atoms. The zero-order valence-electron chi connectivity index (χ0n) is 44.5. The molecular weight excluding hydrogens is 1020 g/mol.